The van der Waals surface area contributed by atoms with Crippen molar-refractivity contribution in [2.45, 2.75) is 0 Å². The summed E-state index contributed by atoms with van der Waals surface area (Å²) < 4.78 is 0. The Morgan fingerprint density at radius 1 is 0.750 bits per heavy atom. The molecule has 4 heavy (non-hydrogen) atoms. The van der Waals surface area contributed by atoms with Crippen molar-refractivity contribution in [2.75, 3.05) is 0 Å². The second-order valence-corrected chi connectivity index (χ2v) is 0. The Labute approximate surface area is 69.2 Å². The fourth-order valence-electron chi connectivity index (χ4n) is 0. The number of hydrogen-bond acceptors (Lipinski definition) is 0. The molecular weight excluding hydrogens is 102 g/mol. The van der Waals surface area contributed by atoms with Gasteiger partial charge in [-0.05, 0) is 0 Å². The molecule has 24 valence electrons. The van der Waals surface area contributed by atoms with E-state index in [1.807, 2.05) is 0 Å². The van der Waals surface area contributed by atoms with E-state index >= 15 is 0 Å². The summed E-state index contributed by atoms with van der Waals surface area (Å²) in [7, 11) is 0. The molecule has 0 saturated carbocycles. The molecule has 0 aliphatic heterocycles. The molecule has 0 saturated heterocycles. The SMILES string of the molecule is F.F.[CaH2].[MgH2]. The van der Waals surface area contributed by atoms with Crippen LogP contribution in [0.15, 0.2) is 0 Å². The quantitative estimate of drug-likeness (QED) is 0.331. The zero-order valence-electron chi connectivity index (χ0n) is 0.816. The summed E-state index contributed by atoms with van der Waals surface area (Å²) in [5.41, 5.74) is 0. The molecule has 0 unspecified atom stereocenters. The third-order valence-electron chi connectivity index (χ3n) is 0. The Kier molecular flexibility index (Phi) is 205. The van der Waals surface area contributed by atoms with Gasteiger partial charge in [0.05, 0.1) is 0 Å². The van der Waals surface area contributed by atoms with E-state index in [-0.39, 0.29) is 70.2 Å². The van der Waals surface area contributed by atoms with Gasteiger partial charge in [0.15, 0.2) is 0 Å². The maximum atomic E-state index is 0. The molecule has 0 aromatic heterocycles. The summed E-state index contributed by atoms with van der Waals surface area (Å²) in [5, 5.41) is 0. The molecule has 0 atom stereocenters. The normalized spacial score (nSPS) is 0. The van der Waals surface area contributed by atoms with Gasteiger partial charge in [0.25, 0.3) is 0 Å². The molecule has 0 rings (SSSR count). The zero-order valence-corrected chi connectivity index (χ0v) is 0.816. The van der Waals surface area contributed by atoms with Gasteiger partial charge in [-0.2, -0.15) is 0 Å². The summed E-state index contributed by atoms with van der Waals surface area (Å²) in [5.74, 6) is 0. The molecule has 0 nitrogen and oxygen atoms in total. The van der Waals surface area contributed by atoms with Crippen LogP contribution in [0.2, 0.25) is 0 Å². The second-order valence-electron chi connectivity index (χ2n) is 0. The minimum Gasteiger partial charge on any atom is 0.316 e. The van der Waals surface area contributed by atoms with E-state index in [1.165, 1.54) is 0 Å². The summed E-state index contributed by atoms with van der Waals surface area (Å²) in [4.78, 5) is 0. The van der Waals surface area contributed by atoms with Gasteiger partial charge in [-0.1, -0.05) is 0 Å². The maximum Gasteiger partial charge on any atom is 0.316 e. The monoisotopic (exact) mass is 108 g/mol. The summed E-state index contributed by atoms with van der Waals surface area (Å²) in [6.45, 7) is 0. The van der Waals surface area contributed by atoms with E-state index in [9.17, 15) is 0 Å². The Morgan fingerprint density at radius 2 is 0.750 bits per heavy atom. The number of rotatable bonds is 0. The van der Waals surface area contributed by atoms with Gasteiger partial charge in [0.1, 0.15) is 0 Å². The van der Waals surface area contributed by atoms with Crippen molar-refractivity contribution < 1.29 is 9.41 Å². The van der Waals surface area contributed by atoms with Gasteiger partial charge in [0.2, 0.25) is 0 Å². The first-order valence-corrected chi connectivity index (χ1v) is 0. The fourth-order valence-corrected chi connectivity index (χ4v) is 0. The van der Waals surface area contributed by atoms with E-state index in [1.54, 1.807) is 0 Å². The average Bonchev–Trinajstić information content (AvgIpc) is 0. The van der Waals surface area contributed by atoms with E-state index in [0.717, 1.165) is 0 Å². The van der Waals surface area contributed by atoms with Crippen LogP contribution in [-0.4, -0.2) is 60.8 Å². The van der Waals surface area contributed by atoms with E-state index in [2.05, 4.69) is 0 Å². The molecule has 0 N–H and O–H groups in total. The first-order chi connectivity index (χ1) is 0. The first-order valence-electron chi connectivity index (χ1n) is 0. The van der Waals surface area contributed by atoms with Crippen LogP contribution in [0.3, 0.4) is 0 Å². The van der Waals surface area contributed by atoms with Crippen LogP contribution in [0.25, 0.3) is 0 Å². The Hall–Kier alpha value is 1.89. The van der Waals surface area contributed by atoms with Gasteiger partial charge < -0.3 is 0 Å². The van der Waals surface area contributed by atoms with E-state index in [4.69, 9.17) is 0 Å². The summed E-state index contributed by atoms with van der Waals surface area (Å²) in [6.07, 6.45) is 0. The Bertz CT molecular complexity index is 6.00. The van der Waals surface area contributed by atoms with Crippen molar-refractivity contribution in [1.82, 2.24) is 0 Å². The van der Waals surface area contributed by atoms with Gasteiger partial charge in [-0.15, -0.1) is 0 Å². The zero-order chi connectivity index (χ0) is 0. The van der Waals surface area contributed by atoms with E-state index < -0.39 is 0 Å². The second kappa shape index (κ2) is 20.7. The number of hydrogen-bond donors (Lipinski definition) is 0. The predicted molar refractivity (Wildman–Crippen MR) is 22.1 cm³/mol. The molecule has 0 aromatic rings. The Balaban J connectivity index is 0. The van der Waals surface area contributed by atoms with Crippen LogP contribution >= 0.6 is 0 Å². The number of halogens is 2. The molecule has 0 radical (unpaired) electrons. The van der Waals surface area contributed by atoms with Crippen molar-refractivity contribution in [3.8, 4) is 0 Å². The topological polar surface area (TPSA) is 0 Å². The first kappa shape index (κ1) is 39.5. The fraction of sp³-hybridized carbons (Fsp3) is 0. The molecule has 0 fully saturated rings. The molecule has 0 aliphatic rings. The van der Waals surface area contributed by atoms with Crippen LogP contribution in [0, 0.1) is 0 Å². The average molecular weight is 108 g/mol. The predicted octanol–water partition coefficient (Wildman–Crippen LogP) is -1.53. The third-order valence-corrected chi connectivity index (χ3v) is 0. The Morgan fingerprint density at radius 3 is 0.750 bits per heavy atom. The smallest absolute Gasteiger partial charge is 0.316 e. The molecule has 4 heteroatoms. The minimum absolute atomic E-state index is 0. The van der Waals surface area contributed by atoms with Crippen molar-refractivity contribution in [3.05, 3.63) is 0 Å². The van der Waals surface area contributed by atoms with Crippen LogP contribution < -0.4 is 0 Å². The van der Waals surface area contributed by atoms with Crippen molar-refractivity contribution in [2.24, 2.45) is 0 Å². The summed E-state index contributed by atoms with van der Waals surface area (Å²) in [6, 6.07) is 0. The molecule has 0 spiro atoms. The van der Waals surface area contributed by atoms with Crippen molar-refractivity contribution >= 4 is 60.8 Å². The standard InChI is InChI=1S/Ca.2FH.Mg.4H/h;2*1H;;;;;. The molecule has 0 heterocycles. The molecule has 0 amide bonds. The van der Waals surface area contributed by atoms with Crippen LogP contribution in [0.1, 0.15) is 0 Å². The third kappa shape index (κ3) is 9.10. The van der Waals surface area contributed by atoms with E-state index in [0.29, 0.717) is 0 Å². The largest absolute Gasteiger partial charge is 0.316 e. The van der Waals surface area contributed by atoms with Crippen LogP contribution in [0.5, 0.6) is 0 Å². The van der Waals surface area contributed by atoms with Crippen LogP contribution in [0.4, 0.5) is 9.41 Å². The van der Waals surface area contributed by atoms with Crippen molar-refractivity contribution in [1.29, 1.82) is 0 Å². The molecular formula is H6CaF2Mg. The molecule has 0 bridgehead atoms. The van der Waals surface area contributed by atoms with Gasteiger partial charge in [-0.25, -0.2) is 0 Å². The molecule has 0 aliphatic carbocycles. The van der Waals surface area contributed by atoms with Gasteiger partial charge >= 0.3 is 60.8 Å². The summed E-state index contributed by atoms with van der Waals surface area (Å²) >= 11 is 0. The minimum atomic E-state index is 0. The van der Waals surface area contributed by atoms with Crippen molar-refractivity contribution in [3.63, 3.8) is 0 Å². The van der Waals surface area contributed by atoms with Gasteiger partial charge in [-0.3, -0.25) is 9.41 Å². The maximum absolute atomic E-state index is 0. The molecule has 0 aromatic carbocycles. The van der Waals surface area contributed by atoms with Crippen LogP contribution in [-0.2, 0) is 0 Å². The van der Waals surface area contributed by atoms with Gasteiger partial charge in [0, 0.05) is 0 Å².